The van der Waals surface area contributed by atoms with Crippen LogP contribution in [0.5, 0.6) is 0 Å². The minimum absolute atomic E-state index is 0.0316. The maximum Gasteiger partial charge on any atom is 0.341 e. The third-order valence-electron chi connectivity index (χ3n) is 3.27. The van der Waals surface area contributed by atoms with Crippen molar-refractivity contribution in [2.24, 2.45) is 0 Å². The second-order valence-electron chi connectivity index (χ2n) is 5.05. The molecule has 0 aliphatic heterocycles. The van der Waals surface area contributed by atoms with Gasteiger partial charge >= 0.3 is 5.97 Å². The molecule has 7 nitrogen and oxygen atoms in total. The Hall–Kier alpha value is -2.70. The Kier molecular flexibility index (Phi) is 4.25. The summed E-state index contributed by atoms with van der Waals surface area (Å²) in [6, 6.07) is 2.91. The van der Waals surface area contributed by atoms with E-state index in [1.54, 1.807) is 32.8 Å². The molecule has 1 heterocycles. The molecule has 0 aliphatic rings. The van der Waals surface area contributed by atoms with Gasteiger partial charge in [-0.15, -0.1) is 0 Å². The van der Waals surface area contributed by atoms with E-state index in [9.17, 15) is 14.9 Å². The van der Waals surface area contributed by atoms with Crippen LogP contribution in [0.3, 0.4) is 0 Å². The number of nitro groups is 1. The topological polar surface area (TPSA) is 85.6 Å². The number of carbonyl (C=O) groups excluding carboxylic acids is 1. The first kappa shape index (κ1) is 15.7. The maximum absolute atomic E-state index is 12.1. The second-order valence-corrected chi connectivity index (χ2v) is 5.05. The number of carbonyl (C=O) groups is 1. The number of nitro benzene ring substituents is 1. The highest BCUT2D eigenvalue weighted by Gasteiger charge is 2.21. The summed E-state index contributed by atoms with van der Waals surface area (Å²) < 4.78 is 5.04. The van der Waals surface area contributed by atoms with E-state index in [0.717, 1.165) is 0 Å². The fraction of sp³-hybridized carbons (Fsp3) is 0.333. The summed E-state index contributed by atoms with van der Waals surface area (Å²) in [4.78, 5) is 28.7. The molecule has 0 radical (unpaired) electrons. The molecule has 2 aromatic rings. The van der Waals surface area contributed by atoms with Gasteiger partial charge in [0, 0.05) is 37.8 Å². The van der Waals surface area contributed by atoms with Crippen LogP contribution < -0.4 is 4.90 Å². The van der Waals surface area contributed by atoms with E-state index in [0.29, 0.717) is 27.7 Å². The molecule has 0 fully saturated rings. The zero-order valence-electron chi connectivity index (χ0n) is 12.9. The Labute approximate surface area is 127 Å². The fourth-order valence-electron chi connectivity index (χ4n) is 2.39. The molecule has 22 heavy (non-hydrogen) atoms. The normalized spacial score (nSPS) is 10.5. The Morgan fingerprint density at radius 2 is 2.09 bits per heavy atom. The summed E-state index contributed by atoms with van der Waals surface area (Å²) in [5.74, 6) is -0.496. The van der Waals surface area contributed by atoms with Crippen molar-refractivity contribution in [1.29, 1.82) is 0 Å². The predicted octanol–water partition coefficient (Wildman–Crippen LogP) is 2.69. The number of benzene rings is 1. The van der Waals surface area contributed by atoms with Gasteiger partial charge in [-0.05, 0) is 19.4 Å². The number of pyridine rings is 1. The van der Waals surface area contributed by atoms with Crippen molar-refractivity contribution in [2.75, 3.05) is 25.6 Å². The Bertz CT molecular complexity index is 756. The van der Waals surface area contributed by atoms with Crippen molar-refractivity contribution in [1.82, 2.24) is 4.98 Å². The predicted molar refractivity (Wildman–Crippen MR) is 83.4 cm³/mol. The summed E-state index contributed by atoms with van der Waals surface area (Å²) in [7, 11) is 3.54. The number of fused-ring (bicyclic) bond motifs is 1. The van der Waals surface area contributed by atoms with E-state index in [1.165, 1.54) is 18.3 Å². The molecule has 0 unspecified atom stereocenters. The van der Waals surface area contributed by atoms with Crippen LogP contribution in [0, 0.1) is 17.0 Å². The SMILES string of the molecule is CCOC(=O)c1cnc2c(C)cc([N+](=O)[O-])cc2c1N(C)C. The number of esters is 1. The van der Waals surface area contributed by atoms with Gasteiger partial charge in [-0.2, -0.15) is 0 Å². The number of aryl methyl sites for hydroxylation is 1. The van der Waals surface area contributed by atoms with E-state index in [4.69, 9.17) is 4.74 Å². The Morgan fingerprint density at radius 3 is 2.64 bits per heavy atom. The molecule has 0 bridgehead atoms. The lowest BCUT2D eigenvalue weighted by atomic mass is 10.0. The molecule has 2 rings (SSSR count). The van der Waals surface area contributed by atoms with Gasteiger partial charge in [0.05, 0.1) is 22.7 Å². The molecule has 0 aliphatic carbocycles. The first-order chi connectivity index (χ1) is 10.4. The molecule has 0 saturated carbocycles. The van der Waals surface area contributed by atoms with E-state index < -0.39 is 10.9 Å². The molecule has 1 aromatic carbocycles. The van der Waals surface area contributed by atoms with Crippen LogP contribution in [-0.2, 0) is 4.74 Å². The van der Waals surface area contributed by atoms with Crippen molar-refractivity contribution < 1.29 is 14.5 Å². The summed E-state index contributed by atoms with van der Waals surface area (Å²) in [5.41, 5.74) is 2.13. The first-order valence-electron chi connectivity index (χ1n) is 6.79. The fourth-order valence-corrected chi connectivity index (χ4v) is 2.39. The van der Waals surface area contributed by atoms with Crippen molar-refractivity contribution in [3.63, 3.8) is 0 Å². The van der Waals surface area contributed by atoms with Crippen LogP contribution in [-0.4, -0.2) is 36.6 Å². The maximum atomic E-state index is 12.1. The molecule has 0 N–H and O–H groups in total. The molecule has 0 spiro atoms. The van der Waals surface area contributed by atoms with E-state index in [-0.39, 0.29) is 12.3 Å². The quantitative estimate of drug-likeness (QED) is 0.490. The third-order valence-corrected chi connectivity index (χ3v) is 3.27. The summed E-state index contributed by atoms with van der Waals surface area (Å²) in [5, 5.41) is 11.6. The molecule has 0 amide bonds. The summed E-state index contributed by atoms with van der Waals surface area (Å²) >= 11 is 0. The molecule has 0 saturated heterocycles. The van der Waals surface area contributed by atoms with Gasteiger partial charge < -0.3 is 9.64 Å². The average molecular weight is 303 g/mol. The van der Waals surface area contributed by atoms with Crippen molar-refractivity contribution in [3.05, 3.63) is 39.6 Å². The van der Waals surface area contributed by atoms with Gasteiger partial charge in [-0.3, -0.25) is 15.1 Å². The van der Waals surface area contributed by atoms with Crippen LogP contribution in [0.2, 0.25) is 0 Å². The number of nitrogens with zero attached hydrogens (tertiary/aromatic N) is 3. The van der Waals surface area contributed by atoms with Crippen LogP contribution in [0.25, 0.3) is 10.9 Å². The number of aromatic nitrogens is 1. The third kappa shape index (κ3) is 2.69. The number of hydrogen-bond donors (Lipinski definition) is 0. The number of rotatable bonds is 4. The van der Waals surface area contributed by atoms with Gasteiger partial charge in [0.1, 0.15) is 5.56 Å². The van der Waals surface area contributed by atoms with E-state index in [1.807, 2.05) is 0 Å². The Morgan fingerprint density at radius 1 is 1.41 bits per heavy atom. The van der Waals surface area contributed by atoms with Crippen molar-refractivity contribution >= 4 is 28.2 Å². The van der Waals surface area contributed by atoms with Crippen LogP contribution >= 0.6 is 0 Å². The molecule has 1 aromatic heterocycles. The largest absolute Gasteiger partial charge is 0.462 e. The molecule has 0 atom stereocenters. The lowest BCUT2D eigenvalue weighted by Crippen LogP contribution is -2.17. The van der Waals surface area contributed by atoms with Gasteiger partial charge in [0.25, 0.3) is 5.69 Å². The highest BCUT2D eigenvalue weighted by atomic mass is 16.6. The van der Waals surface area contributed by atoms with Crippen molar-refractivity contribution in [3.8, 4) is 0 Å². The zero-order valence-corrected chi connectivity index (χ0v) is 12.9. The number of ether oxygens (including phenoxy) is 1. The average Bonchev–Trinajstić information content (AvgIpc) is 2.45. The zero-order chi connectivity index (χ0) is 16.4. The first-order valence-corrected chi connectivity index (χ1v) is 6.79. The smallest absolute Gasteiger partial charge is 0.341 e. The molecule has 7 heteroatoms. The minimum Gasteiger partial charge on any atom is -0.462 e. The second kappa shape index (κ2) is 5.97. The lowest BCUT2D eigenvalue weighted by Gasteiger charge is -2.19. The van der Waals surface area contributed by atoms with Gasteiger partial charge in [0.2, 0.25) is 0 Å². The number of hydrogen-bond acceptors (Lipinski definition) is 6. The van der Waals surface area contributed by atoms with Crippen molar-refractivity contribution in [2.45, 2.75) is 13.8 Å². The Balaban J connectivity index is 2.82. The minimum atomic E-state index is -0.496. The molecular formula is C15H17N3O4. The number of anilines is 1. The summed E-state index contributed by atoms with van der Waals surface area (Å²) in [6.07, 6.45) is 1.45. The lowest BCUT2D eigenvalue weighted by molar-refractivity contribution is -0.384. The van der Waals surface area contributed by atoms with Gasteiger partial charge in [-0.25, -0.2) is 4.79 Å². The van der Waals surface area contributed by atoms with Gasteiger partial charge in [-0.1, -0.05) is 0 Å². The van der Waals surface area contributed by atoms with Crippen LogP contribution in [0.15, 0.2) is 18.3 Å². The summed E-state index contributed by atoms with van der Waals surface area (Å²) in [6.45, 7) is 3.72. The highest BCUT2D eigenvalue weighted by Crippen LogP contribution is 2.33. The van der Waals surface area contributed by atoms with Crippen LogP contribution in [0.4, 0.5) is 11.4 Å². The van der Waals surface area contributed by atoms with E-state index in [2.05, 4.69) is 4.98 Å². The van der Waals surface area contributed by atoms with Gasteiger partial charge in [0.15, 0.2) is 0 Å². The van der Waals surface area contributed by atoms with Crippen LogP contribution in [0.1, 0.15) is 22.8 Å². The standard InChI is InChI=1S/C15H17N3O4/c1-5-22-15(19)12-8-16-13-9(2)6-10(18(20)21)7-11(13)14(12)17(3)4/h6-8H,5H2,1-4H3. The monoisotopic (exact) mass is 303 g/mol. The number of non-ortho nitro benzene ring substituents is 1. The molecule has 116 valence electrons. The molecular weight excluding hydrogens is 286 g/mol. The van der Waals surface area contributed by atoms with E-state index >= 15 is 0 Å². The highest BCUT2D eigenvalue weighted by molar-refractivity contribution is 6.06.